The van der Waals surface area contributed by atoms with E-state index in [0.717, 1.165) is 54.9 Å². The molecule has 27 heavy (non-hydrogen) atoms. The van der Waals surface area contributed by atoms with Crippen molar-refractivity contribution in [2.45, 2.75) is 46.1 Å². The first-order valence-electron chi connectivity index (χ1n) is 10.3. The maximum Gasteiger partial charge on any atom is 0.121 e. The van der Waals surface area contributed by atoms with Crippen molar-refractivity contribution in [1.82, 2.24) is 15.2 Å². The Kier molecular flexibility index (Phi) is 9.36. The number of nitrogens with zero attached hydrogens (tertiary/aromatic N) is 2. The molecule has 2 aromatic rings. The van der Waals surface area contributed by atoms with Crippen LogP contribution in [0.25, 0.3) is 10.9 Å². The minimum absolute atomic E-state index is 0.569. The molecule has 0 aliphatic heterocycles. The lowest BCUT2D eigenvalue weighted by molar-refractivity contribution is 0.290. The Morgan fingerprint density at radius 1 is 1.15 bits per heavy atom. The third-order valence-electron chi connectivity index (χ3n) is 5.08. The minimum Gasteiger partial charge on any atom is -0.497 e. The largest absolute Gasteiger partial charge is 0.497 e. The van der Waals surface area contributed by atoms with E-state index in [1.54, 1.807) is 7.11 Å². The zero-order valence-corrected chi connectivity index (χ0v) is 17.4. The number of hydrogen-bond acceptors (Lipinski definition) is 5. The SMILES string of the molecule is CCN(CC)CCCC(C)NCCCNc1cc(OC)cc2cccnc12. The molecule has 1 aromatic carbocycles. The van der Waals surface area contributed by atoms with Crippen LogP contribution in [0.4, 0.5) is 5.69 Å². The van der Waals surface area contributed by atoms with Crippen molar-refractivity contribution in [2.24, 2.45) is 0 Å². The van der Waals surface area contributed by atoms with Crippen LogP contribution in [-0.2, 0) is 0 Å². The van der Waals surface area contributed by atoms with Gasteiger partial charge in [0.15, 0.2) is 0 Å². The molecule has 0 amide bonds. The number of ether oxygens (including phenoxy) is 1. The van der Waals surface area contributed by atoms with Crippen molar-refractivity contribution in [2.75, 3.05) is 45.2 Å². The van der Waals surface area contributed by atoms with E-state index in [4.69, 9.17) is 4.74 Å². The van der Waals surface area contributed by atoms with Crippen LogP contribution < -0.4 is 15.4 Å². The number of anilines is 1. The predicted molar refractivity (Wildman–Crippen MR) is 116 cm³/mol. The van der Waals surface area contributed by atoms with Crippen molar-refractivity contribution in [3.8, 4) is 5.75 Å². The second-order valence-electron chi connectivity index (χ2n) is 7.05. The molecule has 150 valence electrons. The van der Waals surface area contributed by atoms with Gasteiger partial charge in [0, 0.05) is 30.2 Å². The highest BCUT2D eigenvalue weighted by atomic mass is 16.5. The van der Waals surface area contributed by atoms with E-state index in [-0.39, 0.29) is 0 Å². The van der Waals surface area contributed by atoms with E-state index in [1.165, 1.54) is 19.4 Å². The number of aromatic nitrogens is 1. The van der Waals surface area contributed by atoms with Crippen LogP contribution in [0.2, 0.25) is 0 Å². The average Bonchev–Trinajstić information content (AvgIpc) is 2.70. The Labute approximate surface area is 164 Å². The van der Waals surface area contributed by atoms with Gasteiger partial charge in [0.1, 0.15) is 5.75 Å². The fraction of sp³-hybridized carbons (Fsp3) is 0.591. The van der Waals surface area contributed by atoms with E-state index >= 15 is 0 Å². The third-order valence-corrected chi connectivity index (χ3v) is 5.08. The molecular weight excluding hydrogens is 336 g/mol. The summed E-state index contributed by atoms with van der Waals surface area (Å²) < 4.78 is 5.41. The Morgan fingerprint density at radius 3 is 2.70 bits per heavy atom. The quantitative estimate of drug-likeness (QED) is 0.517. The molecule has 1 unspecified atom stereocenters. The first-order valence-corrected chi connectivity index (χ1v) is 10.3. The first kappa shape index (κ1) is 21.5. The Morgan fingerprint density at radius 2 is 1.96 bits per heavy atom. The molecule has 0 saturated heterocycles. The molecule has 0 fully saturated rings. The summed E-state index contributed by atoms with van der Waals surface area (Å²) in [5.41, 5.74) is 2.04. The monoisotopic (exact) mass is 372 g/mol. The molecule has 5 nitrogen and oxygen atoms in total. The van der Waals surface area contributed by atoms with Gasteiger partial charge in [0.05, 0.1) is 18.3 Å². The van der Waals surface area contributed by atoms with E-state index < -0.39 is 0 Å². The summed E-state index contributed by atoms with van der Waals surface area (Å²) in [5, 5.41) is 8.26. The Bertz CT molecular complexity index is 672. The summed E-state index contributed by atoms with van der Waals surface area (Å²) in [6.45, 7) is 12.2. The number of pyridine rings is 1. The maximum atomic E-state index is 5.41. The van der Waals surface area contributed by atoms with Crippen LogP contribution in [0.1, 0.15) is 40.0 Å². The summed E-state index contributed by atoms with van der Waals surface area (Å²) in [5.74, 6) is 0.859. The highest BCUT2D eigenvalue weighted by molar-refractivity contribution is 5.91. The summed E-state index contributed by atoms with van der Waals surface area (Å²) in [6, 6.07) is 8.64. The van der Waals surface area contributed by atoms with Crippen molar-refractivity contribution in [3.63, 3.8) is 0 Å². The van der Waals surface area contributed by atoms with E-state index in [1.807, 2.05) is 24.4 Å². The van der Waals surface area contributed by atoms with Crippen LogP contribution in [0, 0.1) is 0 Å². The maximum absolute atomic E-state index is 5.41. The van der Waals surface area contributed by atoms with Crippen LogP contribution >= 0.6 is 0 Å². The molecule has 1 atom stereocenters. The summed E-state index contributed by atoms with van der Waals surface area (Å²) in [4.78, 5) is 7.00. The zero-order chi connectivity index (χ0) is 19.5. The zero-order valence-electron chi connectivity index (χ0n) is 17.4. The van der Waals surface area contributed by atoms with Crippen molar-refractivity contribution < 1.29 is 4.74 Å². The second kappa shape index (κ2) is 11.8. The number of fused-ring (bicyclic) bond motifs is 1. The number of methoxy groups -OCH3 is 1. The van der Waals surface area contributed by atoms with Crippen LogP contribution in [0.5, 0.6) is 5.75 Å². The van der Waals surface area contributed by atoms with Gasteiger partial charge in [-0.2, -0.15) is 0 Å². The van der Waals surface area contributed by atoms with Gasteiger partial charge in [-0.15, -0.1) is 0 Å². The lowest BCUT2D eigenvalue weighted by atomic mass is 10.1. The van der Waals surface area contributed by atoms with Gasteiger partial charge in [-0.3, -0.25) is 4.98 Å². The fourth-order valence-electron chi connectivity index (χ4n) is 3.34. The standard InChI is InChI=1S/C22H36N4O/c1-5-26(6-2)15-8-10-18(3)23-13-9-14-24-21-17-20(27-4)16-19-11-7-12-25-22(19)21/h7,11-12,16-18,23-24H,5-6,8-10,13-15H2,1-4H3. The number of benzene rings is 1. The van der Waals surface area contributed by atoms with E-state index in [0.29, 0.717) is 6.04 Å². The first-order chi connectivity index (χ1) is 13.2. The second-order valence-corrected chi connectivity index (χ2v) is 7.05. The number of nitrogens with one attached hydrogen (secondary N) is 2. The van der Waals surface area contributed by atoms with Crippen LogP contribution in [0.3, 0.4) is 0 Å². The molecule has 1 heterocycles. The molecule has 0 saturated carbocycles. The van der Waals surface area contributed by atoms with E-state index in [9.17, 15) is 0 Å². The molecule has 5 heteroatoms. The number of rotatable bonds is 13. The van der Waals surface area contributed by atoms with Gasteiger partial charge in [0.25, 0.3) is 0 Å². The van der Waals surface area contributed by atoms with Gasteiger partial charge >= 0.3 is 0 Å². The molecule has 0 aliphatic carbocycles. The molecule has 0 spiro atoms. The molecule has 0 aliphatic rings. The van der Waals surface area contributed by atoms with Crippen molar-refractivity contribution >= 4 is 16.6 Å². The van der Waals surface area contributed by atoms with Gasteiger partial charge in [-0.05, 0) is 64.5 Å². The number of hydrogen-bond donors (Lipinski definition) is 2. The Hall–Kier alpha value is -1.85. The highest BCUT2D eigenvalue weighted by Crippen LogP contribution is 2.27. The molecule has 1 aromatic heterocycles. The molecular formula is C22H36N4O. The minimum atomic E-state index is 0.569. The Balaban J connectivity index is 1.70. The third kappa shape index (κ3) is 7.00. The fourth-order valence-corrected chi connectivity index (χ4v) is 3.34. The smallest absolute Gasteiger partial charge is 0.121 e. The summed E-state index contributed by atoms with van der Waals surface area (Å²) in [7, 11) is 1.70. The van der Waals surface area contributed by atoms with Crippen LogP contribution in [0.15, 0.2) is 30.5 Å². The highest BCUT2D eigenvalue weighted by Gasteiger charge is 2.06. The normalized spacial score (nSPS) is 12.5. The van der Waals surface area contributed by atoms with Crippen LogP contribution in [-0.4, -0.2) is 55.8 Å². The molecule has 2 N–H and O–H groups in total. The lowest BCUT2D eigenvalue weighted by Crippen LogP contribution is -2.30. The van der Waals surface area contributed by atoms with E-state index in [2.05, 4.69) is 47.4 Å². The topological polar surface area (TPSA) is 49.4 Å². The molecule has 0 radical (unpaired) electrons. The predicted octanol–water partition coefficient (Wildman–Crippen LogP) is 4.15. The van der Waals surface area contributed by atoms with Gasteiger partial charge in [-0.25, -0.2) is 0 Å². The van der Waals surface area contributed by atoms with Crippen molar-refractivity contribution in [3.05, 3.63) is 30.5 Å². The van der Waals surface area contributed by atoms with Crippen molar-refractivity contribution in [1.29, 1.82) is 0 Å². The van der Waals surface area contributed by atoms with Gasteiger partial charge in [-0.1, -0.05) is 19.9 Å². The molecule has 0 bridgehead atoms. The lowest BCUT2D eigenvalue weighted by Gasteiger charge is -2.20. The average molecular weight is 373 g/mol. The van der Waals surface area contributed by atoms with Gasteiger partial charge in [0.2, 0.25) is 0 Å². The summed E-state index contributed by atoms with van der Waals surface area (Å²) >= 11 is 0. The van der Waals surface area contributed by atoms with Gasteiger partial charge < -0.3 is 20.3 Å². The summed E-state index contributed by atoms with van der Waals surface area (Å²) in [6.07, 6.45) is 5.40. The molecule has 2 rings (SSSR count).